The van der Waals surface area contributed by atoms with Gasteiger partial charge in [0.15, 0.2) is 0 Å². The molecular weight excluding hydrogens is 320 g/mol. The first-order chi connectivity index (χ1) is 11.7. The lowest BCUT2D eigenvalue weighted by atomic mass is 9.93. The molecule has 0 bridgehead atoms. The Morgan fingerprint density at radius 2 is 1.84 bits per heavy atom. The summed E-state index contributed by atoms with van der Waals surface area (Å²) in [7, 11) is 0. The molecule has 1 aliphatic carbocycles. The summed E-state index contributed by atoms with van der Waals surface area (Å²) in [6.45, 7) is 6.12. The fraction of sp³-hybridized carbons (Fsp3) is 0.600. The van der Waals surface area contributed by atoms with Crippen LogP contribution < -0.4 is 0 Å². The van der Waals surface area contributed by atoms with Gasteiger partial charge in [-0.15, -0.1) is 0 Å². The Labute approximate surface area is 149 Å². The monoisotopic (exact) mass is 348 g/mol. The Balaban J connectivity index is 1.96. The van der Waals surface area contributed by atoms with Gasteiger partial charge in [0.05, 0.1) is 12.0 Å². The van der Waals surface area contributed by atoms with E-state index < -0.39 is 23.6 Å². The molecule has 0 spiro atoms. The summed E-state index contributed by atoms with van der Waals surface area (Å²) in [4.78, 5) is 23.4. The van der Waals surface area contributed by atoms with Crippen LogP contribution in [0.3, 0.4) is 0 Å². The number of ether oxygens (including phenoxy) is 2. The molecule has 1 N–H and O–H groups in total. The minimum atomic E-state index is -1.28. The predicted octanol–water partition coefficient (Wildman–Crippen LogP) is 3.34. The smallest absolute Gasteiger partial charge is 0.316 e. The van der Waals surface area contributed by atoms with E-state index in [-0.39, 0.29) is 6.10 Å². The van der Waals surface area contributed by atoms with Crippen molar-refractivity contribution in [3.63, 3.8) is 0 Å². The summed E-state index contributed by atoms with van der Waals surface area (Å²) in [5, 5.41) is 9.94. The Bertz CT molecular complexity index is 605. The number of rotatable bonds is 6. The van der Waals surface area contributed by atoms with Crippen molar-refractivity contribution in [2.24, 2.45) is 5.92 Å². The second-order valence-electron chi connectivity index (χ2n) is 7.34. The first kappa shape index (κ1) is 19.4. The zero-order chi connectivity index (χ0) is 18.6. The van der Waals surface area contributed by atoms with Gasteiger partial charge in [0.2, 0.25) is 0 Å². The van der Waals surface area contributed by atoms with Crippen molar-refractivity contribution in [2.75, 3.05) is 0 Å². The van der Waals surface area contributed by atoms with Gasteiger partial charge >= 0.3 is 11.9 Å². The highest BCUT2D eigenvalue weighted by Gasteiger charge is 2.29. The number of carbonyl (C=O) groups excluding carboxylic acids is 2. The molecule has 5 heteroatoms. The molecule has 138 valence electrons. The fourth-order valence-corrected chi connectivity index (χ4v) is 3.33. The van der Waals surface area contributed by atoms with Gasteiger partial charge in [-0.25, -0.2) is 0 Å². The third-order valence-electron chi connectivity index (χ3n) is 4.69. The van der Waals surface area contributed by atoms with Gasteiger partial charge in [0, 0.05) is 20.8 Å². The molecule has 0 amide bonds. The van der Waals surface area contributed by atoms with Crippen LogP contribution in [0.5, 0.6) is 0 Å². The molecule has 0 aliphatic heterocycles. The van der Waals surface area contributed by atoms with Crippen molar-refractivity contribution in [2.45, 2.75) is 71.2 Å². The molecule has 0 unspecified atom stereocenters. The summed E-state index contributed by atoms with van der Waals surface area (Å²) in [5.41, 5.74) is 2.01. The molecule has 25 heavy (non-hydrogen) atoms. The van der Waals surface area contributed by atoms with E-state index in [0.29, 0.717) is 5.92 Å². The van der Waals surface area contributed by atoms with E-state index in [9.17, 15) is 14.7 Å². The molecule has 1 saturated carbocycles. The highest BCUT2D eigenvalue weighted by Crippen LogP contribution is 2.29. The lowest BCUT2D eigenvalue weighted by molar-refractivity contribution is -0.215. The minimum absolute atomic E-state index is 0.197. The van der Waals surface area contributed by atoms with E-state index in [1.807, 2.05) is 24.3 Å². The van der Waals surface area contributed by atoms with E-state index in [1.54, 1.807) is 6.92 Å². The first-order valence-electron chi connectivity index (χ1n) is 8.87. The average molecular weight is 348 g/mol. The summed E-state index contributed by atoms with van der Waals surface area (Å²) < 4.78 is 10.3. The van der Waals surface area contributed by atoms with Crippen molar-refractivity contribution in [1.29, 1.82) is 0 Å². The van der Waals surface area contributed by atoms with Crippen molar-refractivity contribution in [1.82, 2.24) is 0 Å². The molecule has 0 saturated heterocycles. The van der Waals surface area contributed by atoms with E-state index in [4.69, 9.17) is 9.47 Å². The maximum absolute atomic E-state index is 12.3. The molecule has 2 rings (SSSR count). The van der Waals surface area contributed by atoms with Crippen LogP contribution in [0.25, 0.3) is 0 Å². The number of carbonyl (C=O) groups is 2. The van der Waals surface area contributed by atoms with Gasteiger partial charge in [-0.1, -0.05) is 30.7 Å². The summed E-state index contributed by atoms with van der Waals surface area (Å²) in [5.74, 6) is -2.34. The van der Waals surface area contributed by atoms with Crippen molar-refractivity contribution >= 4 is 11.9 Å². The van der Waals surface area contributed by atoms with Gasteiger partial charge in [0.1, 0.15) is 0 Å². The van der Waals surface area contributed by atoms with Gasteiger partial charge in [-0.2, -0.15) is 0 Å². The second-order valence-corrected chi connectivity index (χ2v) is 7.34. The van der Waals surface area contributed by atoms with E-state index >= 15 is 0 Å². The molecule has 3 atom stereocenters. The maximum Gasteiger partial charge on any atom is 0.316 e. The summed E-state index contributed by atoms with van der Waals surface area (Å²) in [6, 6.07) is 7.84. The Morgan fingerprint density at radius 3 is 2.36 bits per heavy atom. The van der Waals surface area contributed by atoms with E-state index in [0.717, 1.165) is 36.8 Å². The zero-order valence-corrected chi connectivity index (χ0v) is 15.5. The quantitative estimate of drug-likeness (QED) is 0.630. The molecule has 1 aromatic rings. The number of hydrogen-bond acceptors (Lipinski definition) is 5. The largest absolute Gasteiger partial charge is 0.423 e. The van der Waals surface area contributed by atoms with E-state index in [1.165, 1.54) is 20.8 Å². The van der Waals surface area contributed by atoms with Crippen molar-refractivity contribution < 1.29 is 24.2 Å². The average Bonchev–Trinajstić information content (AvgIpc) is 2.90. The van der Waals surface area contributed by atoms with Crippen LogP contribution in [-0.4, -0.2) is 28.9 Å². The highest BCUT2D eigenvalue weighted by atomic mass is 16.7. The molecule has 1 fully saturated rings. The zero-order valence-electron chi connectivity index (χ0n) is 15.5. The number of benzene rings is 1. The summed E-state index contributed by atoms with van der Waals surface area (Å²) >= 11 is 0. The topological polar surface area (TPSA) is 72.8 Å². The SMILES string of the molecule is CC(=O)OC(C)(C)OC(=O)[C@@H](C)c1ccc(C[C@H]2CCC[C@@H]2O)cc1. The Morgan fingerprint density at radius 1 is 1.20 bits per heavy atom. The van der Waals surface area contributed by atoms with Crippen LogP contribution in [0.15, 0.2) is 24.3 Å². The third kappa shape index (κ3) is 5.56. The first-order valence-corrected chi connectivity index (χ1v) is 8.87. The maximum atomic E-state index is 12.3. The predicted molar refractivity (Wildman–Crippen MR) is 93.8 cm³/mol. The van der Waals surface area contributed by atoms with Crippen LogP contribution in [0.1, 0.15) is 64.0 Å². The third-order valence-corrected chi connectivity index (χ3v) is 4.69. The minimum Gasteiger partial charge on any atom is -0.423 e. The standard InChI is InChI=1S/C20H28O5/c1-13(19(23)25-20(3,4)24-14(2)21)16-10-8-15(9-11-16)12-17-6-5-7-18(17)22/h8-11,13,17-18,22H,5-7,12H2,1-4H3/t13-,17+,18-/m0/s1. The van der Waals surface area contributed by atoms with Crippen LogP contribution in [0.2, 0.25) is 0 Å². The van der Waals surface area contributed by atoms with Gasteiger partial charge < -0.3 is 14.6 Å². The molecule has 5 nitrogen and oxygen atoms in total. The number of aliphatic hydroxyl groups is 1. The van der Waals surface area contributed by atoms with Gasteiger partial charge in [-0.05, 0) is 43.2 Å². The molecule has 0 aromatic heterocycles. The van der Waals surface area contributed by atoms with Gasteiger partial charge in [-0.3, -0.25) is 9.59 Å². The van der Waals surface area contributed by atoms with Crippen molar-refractivity contribution in [3.05, 3.63) is 35.4 Å². The highest BCUT2D eigenvalue weighted by molar-refractivity contribution is 5.78. The summed E-state index contributed by atoms with van der Waals surface area (Å²) in [6.07, 6.45) is 3.71. The second kappa shape index (κ2) is 8.00. The van der Waals surface area contributed by atoms with Crippen LogP contribution in [0.4, 0.5) is 0 Å². The lowest BCUT2D eigenvalue weighted by Gasteiger charge is -2.26. The van der Waals surface area contributed by atoms with Crippen LogP contribution in [0, 0.1) is 5.92 Å². The van der Waals surface area contributed by atoms with Gasteiger partial charge in [0.25, 0.3) is 5.79 Å². The Hall–Kier alpha value is -1.88. The van der Waals surface area contributed by atoms with Crippen molar-refractivity contribution in [3.8, 4) is 0 Å². The molecule has 0 heterocycles. The van der Waals surface area contributed by atoms with Crippen LogP contribution >= 0.6 is 0 Å². The Kier molecular flexibility index (Phi) is 6.22. The number of hydrogen-bond donors (Lipinski definition) is 1. The number of esters is 2. The molecular formula is C20H28O5. The van der Waals surface area contributed by atoms with E-state index in [2.05, 4.69) is 0 Å². The number of aliphatic hydroxyl groups excluding tert-OH is 1. The fourth-order valence-electron chi connectivity index (χ4n) is 3.33. The van der Waals surface area contributed by atoms with Crippen LogP contribution in [-0.2, 0) is 25.5 Å². The molecule has 1 aromatic carbocycles. The molecule has 1 aliphatic rings. The molecule has 0 radical (unpaired) electrons. The normalized spacial score (nSPS) is 21.6. The lowest BCUT2D eigenvalue weighted by Crippen LogP contribution is -2.34.